The second-order valence-corrected chi connectivity index (χ2v) is 4.46. The number of amides is 1. The van der Waals surface area contributed by atoms with Gasteiger partial charge in [-0.15, -0.1) is 0 Å². The molecule has 2 N–H and O–H groups in total. The topological polar surface area (TPSA) is 68.8 Å². The summed E-state index contributed by atoms with van der Waals surface area (Å²) in [6, 6.07) is 5.48. The molecular weight excluding hydrogens is 260 g/mol. The maximum Gasteiger partial charge on any atom is 0.250 e. The van der Waals surface area contributed by atoms with Gasteiger partial charge in [0.25, 0.3) is 5.91 Å². The standard InChI is InChI=1S/C14H20N2O4/c1-18-11-3-4-12(19-2)10(7-11)8-16-14(17)13-9-15-5-6-20-13/h3-4,7,13,15H,5-6,8-9H2,1-2H3,(H,16,17). The lowest BCUT2D eigenvalue weighted by Crippen LogP contribution is -2.47. The first kappa shape index (κ1) is 14.6. The molecule has 1 aliphatic heterocycles. The molecule has 6 nitrogen and oxygen atoms in total. The van der Waals surface area contributed by atoms with Gasteiger partial charge in [-0.3, -0.25) is 4.79 Å². The summed E-state index contributed by atoms with van der Waals surface area (Å²) in [6.45, 7) is 2.26. The molecule has 1 heterocycles. The predicted molar refractivity (Wildman–Crippen MR) is 74.0 cm³/mol. The fraction of sp³-hybridized carbons (Fsp3) is 0.500. The molecule has 2 rings (SSSR count). The summed E-state index contributed by atoms with van der Waals surface area (Å²) >= 11 is 0. The lowest BCUT2D eigenvalue weighted by Gasteiger charge is -2.23. The molecular formula is C14H20N2O4. The number of rotatable bonds is 5. The van der Waals surface area contributed by atoms with E-state index in [2.05, 4.69) is 10.6 Å². The van der Waals surface area contributed by atoms with Crippen LogP contribution in [0.2, 0.25) is 0 Å². The van der Waals surface area contributed by atoms with Crippen LogP contribution in [0.1, 0.15) is 5.56 Å². The van der Waals surface area contributed by atoms with Crippen LogP contribution >= 0.6 is 0 Å². The van der Waals surface area contributed by atoms with Gasteiger partial charge in [-0.05, 0) is 18.2 Å². The van der Waals surface area contributed by atoms with Crippen molar-refractivity contribution < 1.29 is 19.0 Å². The van der Waals surface area contributed by atoms with E-state index in [4.69, 9.17) is 14.2 Å². The molecule has 0 aromatic heterocycles. The van der Waals surface area contributed by atoms with Gasteiger partial charge >= 0.3 is 0 Å². The molecule has 1 fully saturated rings. The van der Waals surface area contributed by atoms with Crippen LogP contribution in [0, 0.1) is 0 Å². The van der Waals surface area contributed by atoms with Crippen LogP contribution in [0.4, 0.5) is 0 Å². The van der Waals surface area contributed by atoms with E-state index in [-0.39, 0.29) is 5.91 Å². The fourth-order valence-electron chi connectivity index (χ4n) is 2.05. The minimum Gasteiger partial charge on any atom is -0.497 e. The molecule has 110 valence electrons. The van der Waals surface area contributed by atoms with Crippen molar-refractivity contribution in [3.05, 3.63) is 23.8 Å². The summed E-state index contributed by atoms with van der Waals surface area (Å²) in [5.41, 5.74) is 0.865. The second kappa shape index (κ2) is 7.12. The molecule has 0 saturated carbocycles. The number of hydrogen-bond donors (Lipinski definition) is 2. The highest BCUT2D eigenvalue weighted by atomic mass is 16.5. The van der Waals surface area contributed by atoms with Crippen molar-refractivity contribution in [3.8, 4) is 11.5 Å². The Balaban J connectivity index is 1.96. The van der Waals surface area contributed by atoms with Crippen molar-refractivity contribution in [1.29, 1.82) is 0 Å². The Kier molecular flexibility index (Phi) is 5.20. The van der Waals surface area contributed by atoms with Gasteiger partial charge in [-0.1, -0.05) is 0 Å². The first-order chi connectivity index (χ1) is 9.74. The van der Waals surface area contributed by atoms with E-state index in [1.165, 1.54) is 0 Å². The van der Waals surface area contributed by atoms with Crippen molar-refractivity contribution in [1.82, 2.24) is 10.6 Å². The number of carbonyl (C=O) groups excluding carboxylic acids is 1. The zero-order valence-electron chi connectivity index (χ0n) is 11.8. The van der Waals surface area contributed by atoms with Gasteiger partial charge in [0.15, 0.2) is 0 Å². The summed E-state index contributed by atoms with van der Waals surface area (Å²) in [5, 5.41) is 5.98. The Bertz CT molecular complexity index is 458. The van der Waals surface area contributed by atoms with E-state index in [0.717, 1.165) is 17.9 Å². The van der Waals surface area contributed by atoms with E-state index in [9.17, 15) is 4.79 Å². The maximum absolute atomic E-state index is 12.0. The Morgan fingerprint density at radius 1 is 1.45 bits per heavy atom. The number of benzene rings is 1. The molecule has 1 aliphatic rings. The van der Waals surface area contributed by atoms with Gasteiger partial charge < -0.3 is 24.8 Å². The van der Waals surface area contributed by atoms with Crippen LogP contribution in [-0.2, 0) is 16.1 Å². The third-order valence-electron chi connectivity index (χ3n) is 3.16. The lowest BCUT2D eigenvalue weighted by molar-refractivity contribution is -0.134. The van der Waals surface area contributed by atoms with E-state index in [1.807, 2.05) is 18.2 Å². The highest BCUT2D eigenvalue weighted by Gasteiger charge is 2.21. The van der Waals surface area contributed by atoms with E-state index < -0.39 is 6.10 Å². The van der Waals surface area contributed by atoms with E-state index in [1.54, 1.807) is 14.2 Å². The molecule has 1 saturated heterocycles. The Morgan fingerprint density at radius 2 is 2.30 bits per heavy atom. The summed E-state index contributed by atoms with van der Waals surface area (Å²) in [5.74, 6) is 1.32. The third-order valence-corrected chi connectivity index (χ3v) is 3.16. The molecule has 1 aromatic rings. The van der Waals surface area contributed by atoms with Gasteiger partial charge in [0.2, 0.25) is 0 Å². The molecule has 6 heteroatoms. The van der Waals surface area contributed by atoms with Crippen LogP contribution in [0.3, 0.4) is 0 Å². The van der Waals surface area contributed by atoms with Crippen molar-refractivity contribution in [2.24, 2.45) is 0 Å². The van der Waals surface area contributed by atoms with Crippen molar-refractivity contribution >= 4 is 5.91 Å². The average Bonchev–Trinajstić information content (AvgIpc) is 2.53. The van der Waals surface area contributed by atoms with Crippen molar-refractivity contribution in [3.63, 3.8) is 0 Å². The molecule has 1 amide bonds. The summed E-state index contributed by atoms with van der Waals surface area (Å²) in [4.78, 5) is 12.0. The van der Waals surface area contributed by atoms with Crippen LogP contribution in [-0.4, -0.2) is 45.9 Å². The molecule has 1 aromatic carbocycles. The number of hydrogen-bond acceptors (Lipinski definition) is 5. The monoisotopic (exact) mass is 280 g/mol. The van der Waals surface area contributed by atoms with Crippen LogP contribution in [0.15, 0.2) is 18.2 Å². The normalized spacial score (nSPS) is 18.4. The molecule has 1 unspecified atom stereocenters. The minimum absolute atomic E-state index is 0.123. The molecule has 1 atom stereocenters. The molecule has 0 aliphatic carbocycles. The van der Waals surface area contributed by atoms with Gasteiger partial charge in [0, 0.05) is 25.2 Å². The summed E-state index contributed by atoms with van der Waals surface area (Å²) in [7, 11) is 3.20. The summed E-state index contributed by atoms with van der Waals surface area (Å²) < 4.78 is 15.8. The zero-order valence-corrected chi connectivity index (χ0v) is 11.8. The fourth-order valence-corrected chi connectivity index (χ4v) is 2.05. The molecule has 0 radical (unpaired) electrons. The molecule has 0 spiro atoms. The van der Waals surface area contributed by atoms with Crippen LogP contribution in [0.5, 0.6) is 11.5 Å². The maximum atomic E-state index is 12.0. The number of nitrogens with one attached hydrogen (secondary N) is 2. The quantitative estimate of drug-likeness (QED) is 0.812. The Morgan fingerprint density at radius 3 is 2.95 bits per heavy atom. The van der Waals surface area contributed by atoms with E-state index in [0.29, 0.717) is 25.4 Å². The average molecular weight is 280 g/mol. The van der Waals surface area contributed by atoms with Gasteiger partial charge in [0.05, 0.1) is 20.8 Å². The smallest absolute Gasteiger partial charge is 0.250 e. The SMILES string of the molecule is COc1ccc(OC)c(CNC(=O)C2CNCCO2)c1. The number of carbonyl (C=O) groups is 1. The zero-order chi connectivity index (χ0) is 14.4. The van der Waals surface area contributed by atoms with E-state index >= 15 is 0 Å². The highest BCUT2D eigenvalue weighted by molar-refractivity contribution is 5.81. The molecule has 0 bridgehead atoms. The van der Waals surface area contributed by atoms with Crippen LogP contribution in [0.25, 0.3) is 0 Å². The predicted octanol–water partition coefficient (Wildman–Crippen LogP) is 0.308. The second-order valence-electron chi connectivity index (χ2n) is 4.46. The van der Waals surface area contributed by atoms with Gasteiger partial charge in [-0.2, -0.15) is 0 Å². The summed E-state index contributed by atoms with van der Waals surface area (Å²) in [6.07, 6.45) is -0.430. The van der Waals surface area contributed by atoms with Gasteiger partial charge in [0.1, 0.15) is 17.6 Å². The van der Waals surface area contributed by atoms with Crippen molar-refractivity contribution in [2.75, 3.05) is 33.9 Å². The van der Waals surface area contributed by atoms with Crippen LogP contribution < -0.4 is 20.1 Å². The van der Waals surface area contributed by atoms with Gasteiger partial charge in [-0.25, -0.2) is 0 Å². The Labute approximate surface area is 118 Å². The first-order valence-corrected chi connectivity index (χ1v) is 6.55. The number of ether oxygens (including phenoxy) is 3. The highest BCUT2D eigenvalue weighted by Crippen LogP contribution is 2.23. The number of morpholine rings is 1. The largest absolute Gasteiger partial charge is 0.497 e. The van der Waals surface area contributed by atoms with Crippen molar-refractivity contribution in [2.45, 2.75) is 12.6 Å². The third kappa shape index (κ3) is 3.61. The molecule has 20 heavy (non-hydrogen) atoms. The lowest BCUT2D eigenvalue weighted by atomic mass is 10.1. The number of methoxy groups -OCH3 is 2. The Hall–Kier alpha value is -1.79. The minimum atomic E-state index is -0.430. The first-order valence-electron chi connectivity index (χ1n) is 6.55.